The Hall–Kier alpha value is 0.127. The third-order valence-corrected chi connectivity index (χ3v) is 12.3. The van der Waals surface area contributed by atoms with Crippen molar-refractivity contribution in [2.75, 3.05) is 19.1 Å². The van der Waals surface area contributed by atoms with Crippen molar-refractivity contribution < 1.29 is 0 Å². The van der Waals surface area contributed by atoms with Crippen LogP contribution in [0.5, 0.6) is 0 Å². The van der Waals surface area contributed by atoms with E-state index in [4.69, 9.17) is 0 Å². The van der Waals surface area contributed by atoms with E-state index in [1.807, 2.05) is 0 Å². The van der Waals surface area contributed by atoms with Gasteiger partial charge >= 0.3 is 0 Å². The fraction of sp³-hybridized carbons (Fsp3) is 0.714. The van der Waals surface area contributed by atoms with E-state index in [0.717, 1.165) is 5.54 Å². The molecule has 0 fully saturated rings. The first-order valence-corrected chi connectivity index (χ1v) is 11.9. The molecule has 0 aromatic rings. The van der Waals surface area contributed by atoms with Crippen LogP contribution in [0.1, 0.15) is 27.7 Å². The van der Waals surface area contributed by atoms with Crippen LogP contribution in [0.3, 0.4) is 0 Å². The molecule has 0 unspecified atom stereocenters. The molecule has 1 rings (SSSR count). The molecule has 0 nitrogen and oxygen atoms in total. The zero-order chi connectivity index (χ0) is 12.7. The Morgan fingerprint density at radius 2 is 1.31 bits per heavy atom. The first kappa shape index (κ1) is 14.2. The lowest BCUT2D eigenvalue weighted by molar-refractivity contribution is 1.06. The van der Waals surface area contributed by atoms with Gasteiger partial charge in [-0.3, -0.25) is 0 Å². The quantitative estimate of drug-likeness (QED) is 0.489. The average molecular weight is 254 g/mol. The minimum Gasteiger partial charge on any atom is -0.116 e. The van der Waals surface area contributed by atoms with Crippen LogP contribution in [0.2, 0.25) is 18.6 Å². The minimum atomic E-state index is -1.13. The van der Waals surface area contributed by atoms with Crippen LogP contribution < -0.4 is 0 Å². The van der Waals surface area contributed by atoms with Gasteiger partial charge in [0.15, 0.2) is 0 Å². The van der Waals surface area contributed by atoms with Crippen molar-refractivity contribution in [3.8, 4) is 0 Å². The number of hydrogen-bond donors (Lipinski definition) is 0. The average Bonchev–Trinajstić information content (AvgIpc) is 2.29. The molecule has 0 aromatic heterocycles. The molecule has 92 valence electrons. The Morgan fingerprint density at radius 1 is 0.938 bits per heavy atom. The molecule has 0 heterocycles. The fourth-order valence-corrected chi connectivity index (χ4v) is 13.5. The van der Waals surface area contributed by atoms with E-state index in [1.54, 1.807) is 22.3 Å². The lowest BCUT2D eigenvalue weighted by Gasteiger charge is -2.34. The third-order valence-electron chi connectivity index (χ3n) is 4.12. The van der Waals surface area contributed by atoms with E-state index in [9.17, 15) is 0 Å². The molecule has 2 heteroatoms. The van der Waals surface area contributed by atoms with Crippen molar-refractivity contribution in [1.82, 2.24) is 0 Å². The Balaban J connectivity index is 3.07. The predicted octanol–water partition coefficient (Wildman–Crippen LogP) is 5.03. The van der Waals surface area contributed by atoms with Crippen molar-refractivity contribution in [1.29, 1.82) is 0 Å². The lowest BCUT2D eigenvalue weighted by atomic mass is 10.1. The predicted molar refractivity (Wildman–Crippen MR) is 81.6 cm³/mol. The standard InChI is InChI=1S/C14H27PSi/c1-10-11(2)13(4)14(12(10)3)16(7,8)9-15(5)6/h14H,9H2,1-8H3. The van der Waals surface area contributed by atoms with Crippen LogP contribution in [0.25, 0.3) is 0 Å². The molecule has 0 spiro atoms. The smallest absolute Gasteiger partial charge is 0.0637 e. The molecule has 1 aliphatic rings. The highest BCUT2D eigenvalue weighted by Gasteiger charge is 2.38. The molecular weight excluding hydrogens is 227 g/mol. The molecule has 0 saturated heterocycles. The molecule has 0 atom stereocenters. The first-order valence-electron chi connectivity index (χ1n) is 6.18. The van der Waals surface area contributed by atoms with Gasteiger partial charge in [-0.15, -0.1) is 7.92 Å². The highest BCUT2D eigenvalue weighted by molar-refractivity contribution is 7.59. The molecule has 0 radical (unpaired) electrons. The second-order valence-corrected chi connectivity index (χ2v) is 14.3. The third kappa shape index (κ3) is 2.51. The van der Waals surface area contributed by atoms with Crippen LogP contribution in [-0.4, -0.2) is 27.2 Å². The van der Waals surface area contributed by atoms with Crippen molar-refractivity contribution in [3.63, 3.8) is 0 Å². The minimum absolute atomic E-state index is 0.245. The Labute approximate surface area is 104 Å². The maximum absolute atomic E-state index is 2.58. The second kappa shape index (κ2) is 4.78. The molecule has 0 amide bonds. The molecule has 0 saturated carbocycles. The normalized spacial score (nSPS) is 19.3. The number of allylic oxidation sites excluding steroid dienone is 4. The van der Waals surface area contributed by atoms with Gasteiger partial charge in [0, 0.05) is 0 Å². The molecule has 16 heavy (non-hydrogen) atoms. The lowest BCUT2D eigenvalue weighted by Crippen LogP contribution is -2.37. The van der Waals surface area contributed by atoms with Crippen LogP contribution in [0, 0.1) is 0 Å². The Kier molecular flexibility index (Phi) is 4.24. The van der Waals surface area contributed by atoms with E-state index in [-0.39, 0.29) is 7.92 Å². The van der Waals surface area contributed by atoms with Gasteiger partial charge in [0.2, 0.25) is 0 Å². The summed E-state index contributed by atoms with van der Waals surface area (Å²) in [5.41, 5.74) is 7.30. The van der Waals surface area contributed by atoms with Crippen LogP contribution in [0.15, 0.2) is 22.3 Å². The number of hydrogen-bond acceptors (Lipinski definition) is 0. The van der Waals surface area contributed by atoms with E-state index >= 15 is 0 Å². The highest BCUT2D eigenvalue weighted by atomic mass is 31.1. The first-order chi connectivity index (χ1) is 7.18. The highest BCUT2D eigenvalue weighted by Crippen LogP contribution is 2.49. The molecule has 0 aromatic carbocycles. The summed E-state index contributed by atoms with van der Waals surface area (Å²) in [6, 6.07) is 0. The summed E-state index contributed by atoms with van der Waals surface area (Å²) >= 11 is 0. The van der Waals surface area contributed by atoms with Gasteiger partial charge in [0.05, 0.1) is 8.07 Å². The summed E-state index contributed by atoms with van der Waals surface area (Å²) in [6.45, 7) is 19.4. The summed E-state index contributed by atoms with van der Waals surface area (Å²) < 4.78 is 0. The van der Waals surface area contributed by atoms with Gasteiger partial charge in [-0.2, -0.15) is 0 Å². The van der Waals surface area contributed by atoms with Crippen LogP contribution in [0.4, 0.5) is 0 Å². The van der Waals surface area contributed by atoms with Gasteiger partial charge in [0.25, 0.3) is 0 Å². The van der Waals surface area contributed by atoms with Crippen molar-refractivity contribution in [2.24, 2.45) is 0 Å². The Bertz CT molecular complexity index is 324. The monoisotopic (exact) mass is 254 g/mol. The van der Waals surface area contributed by atoms with Crippen LogP contribution >= 0.6 is 7.92 Å². The van der Waals surface area contributed by atoms with E-state index in [0.29, 0.717) is 0 Å². The topological polar surface area (TPSA) is 0 Å². The largest absolute Gasteiger partial charge is 0.116 e. The second-order valence-electron chi connectivity index (χ2n) is 6.28. The molecule has 1 aliphatic carbocycles. The SMILES string of the molecule is CC1=C(C)C([Si](C)(C)CP(C)C)C(C)=C1C. The van der Waals surface area contributed by atoms with Gasteiger partial charge in [-0.25, -0.2) is 0 Å². The zero-order valence-electron chi connectivity index (χ0n) is 12.2. The Morgan fingerprint density at radius 3 is 1.62 bits per heavy atom. The van der Waals surface area contributed by atoms with Crippen molar-refractivity contribution in [2.45, 2.75) is 46.3 Å². The maximum atomic E-state index is 2.58. The summed E-state index contributed by atoms with van der Waals surface area (Å²) in [5, 5.41) is 0. The van der Waals surface area contributed by atoms with Crippen molar-refractivity contribution >= 4 is 16.0 Å². The van der Waals surface area contributed by atoms with Crippen molar-refractivity contribution in [3.05, 3.63) is 22.3 Å². The van der Waals surface area contributed by atoms with Gasteiger partial charge in [-0.1, -0.05) is 24.2 Å². The molecular formula is C14H27PSi. The summed E-state index contributed by atoms with van der Waals surface area (Å²) in [5.74, 6) is 1.50. The van der Waals surface area contributed by atoms with Gasteiger partial charge in [0.1, 0.15) is 0 Å². The van der Waals surface area contributed by atoms with E-state index < -0.39 is 8.07 Å². The number of rotatable bonds is 3. The maximum Gasteiger partial charge on any atom is 0.0637 e. The summed E-state index contributed by atoms with van der Waals surface area (Å²) in [7, 11) is -0.885. The molecule has 0 bridgehead atoms. The fourth-order valence-electron chi connectivity index (χ4n) is 3.43. The van der Waals surface area contributed by atoms with Gasteiger partial charge < -0.3 is 0 Å². The van der Waals surface area contributed by atoms with E-state index in [2.05, 4.69) is 54.1 Å². The van der Waals surface area contributed by atoms with Crippen LogP contribution in [-0.2, 0) is 0 Å². The van der Waals surface area contributed by atoms with E-state index in [1.165, 1.54) is 5.79 Å². The molecule has 0 N–H and O–H groups in total. The zero-order valence-corrected chi connectivity index (χ0v) is 14.1. The summed E-state index contributed by atoms with van der Waals surface area (Å²) in [4.78, 5) is 0. The van der Waals surface area contributed by atoms with Gasteiger partial charge in [-0.05, 0) is 63.5 Å². The summed E-state index contributed by atoms with van der Waals surface area (Å²) in [6.07, 6.45) is 0. The molecule has 0 aliphatic heterocycles.